The number of piperidine rings is 1. The monoisotopic (exact) mass is 290 g/mol. The lowest BCUT2D eigenvalue weighted by Crippen LogP contribution is -2.47. The Morgan fingerprint density at radius 1 is 1.21 bits per heavy atom. The van der Waals surface area contributed by atoms with Crippen LogP contribution >= 0.6 is 0 Å². The molecule has 0 bridgehead atoms. The number of likely N-dealkylation sites (tertiary alicyclic amines) is 1. The normalized spacial score (nSPS) is 18.3. The maximum atomic E-state index is 13.4. The van der Waals surface area contributed by atoms with Crippen molar-refractivity contribution in [1.82, 2.24) is 4.90 Å². The summed E-state index contributed by atoms with van der Waals surface area (Å²) in [6.45, 7) is 0.493. The first-order valence-electron chi connectivity index (χ1n) is 5.19. The predicted molar refractivity (Wildman–Crippen MR) is 55.4 cm³/mol. The van der Waals surface area contributed by atoms with Crippen molar-refractivity contribution in [3.05, 3.63) is 0 Å². The SMILES string of the molecule is NCC1(F)CCN(C(=O)O)CC1.O=C(O)C(F)(F)F. The molecule has 10 heteroatoms. The molecule has 1 rings (SSSR count). The van der Waals surface area contributed by atoms with Gasteiger partial charge < -0.3 is 20.8 Å². The van der Waals surface area contributed by atoms with Crippen molar-refractivity contribution in [3.63, 3.8) is 0 Å². The Labute approximate surface area is 105 Å². The molecule has 1 aliphatic heterocycles. The van der Waals surface area contributed by atoms with E-state index in [9.17, 15) is 22.4 Å². The number of rotatable bonds is 1. The van der Waals surface area contributed by atoms with Gasteiger partial charge in [-0.3, -0.25) is 0 Å². The second-order valence-corrected chi connectivity index (χ2v) is 3.93. The van der Waals surface area contributed by atoms with Crippen molar-refractivity contribution in [2.24, 2.45) is 5.73 Å². The second-order valence-electron chi connectivity index (χ2n) is 3.93. The smallest absolute Gasteiger partial charge is 0.475 e. The number of nitrogens with two attached hydrogens (primary N) is 1. The van der Waals surface area contributed by atoms with Crippen LogP contribution in [0.3, 0.4) is 0 Å². The summed E-state index contributed by atoms with van der Waals surface area (Å²) in [5, 5.41) is 15.7. The van der Waals surface area contributed by atoms with Crippen LogP contribution in [0.4, 0.5) is 22.4 Å². The van der Waals surface area contributed by atoms with Crippen molar-refractivity contribution in [3.8, 4) is 0 Å². The van der Waals surface area contributed by atoms with E-state index in [0.29, 0.717) is 0 Å². The molecule has 19 heavy (non-hydrogen) atoms. The number of hydrogen-bond acceptors (Lipinski definition) is 3. The van der Waals surface area contributed by atoms with E-state index in [1.54, 1.807) is 0 Å². The Morgan fingerprint density at radius 3 is 1.79 bits per heavy atom. The lowest BCUT2D eigenvalue weighted by Gasteiger charge is -2.33. The Hall–Kier alpha value is -1.58. The molecule has 0 saturated carbocycles. The van der Waals surface area contributed by atoms with E-state index in [1.807, 2.05) is 0 Å². The summed E-state index contributed by atoms with van der Waals surface area (Å²) < 4.78 is 45.1. The number of amides is 1. The number of carbonyl (C=O) groups is 2. The van der Waals surface area contributed by atoms with Gasteiger partial charge in [0.25, 0.3) is 0 Å². The van der Waals surface area contributed by atoms with Gasteiger partial charge >= 0.3 is 18.2 Å². The molecule has 6 nitrogen and oxygen atoms in total. The zero-order valence-electron chi connectivity index (χ0n) is 9.78. The first kappa shape index (κ1) is 17.4. The zero-order valence-corrected chi connectivity index (χ0v) is 9.78. The molecule has 1 aliphatic rings. The average Bonchev–Trinajstić information content (AvgIpc) is 2.29. The molecular formula is C9H14F4N2O4. The molecule has 0 radical (unpaired) electrons. The minimum Gasteiger partial charge on any atom is -0.475 e. The summed E-state index contributed by atoms with van der Waals surface area (Å²) in [6.07, 6.45) is -5.62. The maximum absolute atomic E-state index is 13.4. The van der Waals surface area contributed by atoms with Gasteiger partial charge in [0.05, 0.1) is 0 Å². The van der Waals surface area contributed by atoms with Crippen molar-refractivity contribution in [1.29, 1.82) is 0 Å². The van der Waals surface area contributed by atoms with Crippen LogP contribution < -0.4 is 5.73 Å². The Morgan fingerprint density at radius 2 is 1.58 bits per heavy atom. The van der Waals surface area contributed by atoms with Crippen LogP contribution in [0, 0.1) is 0 Å². The molecular weight excluding hydrogens is 276 g/mol. The van der Waals surface area contributed by atoms with Gasteiger partial charge in [-0.1, -0.05) is 0 Å². The molecule has 0 aliphatic carbocycles. The fourth-order valence-corrected chi connectivity index (χ4v) is 1.30. The molecule has 0 spiro atoms. The van der Waals surface area contributed by atoms with Crippen molar-refractivity contribution in [2.45, 2.75) is 24.7 Å². The fourth-order valence-electron chi connectivity index (χ4n) is 1.30. The van der Waals surface area contributed by atoms with Gasteiger partial charge in [-0.05, 0) is 0 Å². The van der Waals surface area contributed by atoms with Crippen molar-refractivity contribution >= 4 is 12.1 Å². The van der Waals surface area contributed by atoms with Gasteiger partial charge in [0.2, 0.25) is 0 Å². The van der Waals surface area contributed by atoms with Crippen LogP contribution in [-0.4, -0.2) is 58.7 Å². The quantitative estimate of drug-likeness (QED) is 0.626. The highest BCUT2D eigenvalue weighted by Gasteiger charge is 2.38. The molecule has 1 heterocycles. The van der Waals surface area contributed by atoms with Crippen molar-refractivity contribution in [2.75, 3.05) is 19.6 Å². The van der Waals surface area contributed by atoms with E-state index < -0.39 is 23.9 Å². The van der Waals surface area contributed by atoms with Crippen LogP contribution in [0.1, 0.15) is 12.8 Å². The number of carboxylic acid groups (broad SMARTS) is 2. The molecule has 0 aromatic rings. The molecule has 4 N–H and O–H groups in total. The summed E-state index contributed by atoms with van der Waals surface area (Å²) in [4.78, 5) is 20.5. The molecule has 1 fully saturated rings. The van der Waals surface area contributed by atoms with E-state index in [1.165, 1.54) is 4.90 Å². The molecule has 112 valence electrons. The Kier molecular flexibility index (Phi) is 6.00. The van der Waals surface area contributed by atoms with Crippen LogP contribution in [0.2, 0.25) is 0 Å². The summed E-state index contributed by atoms with van der Waals surface area (Å²) in [5.41, 5.74) is 3.88. The minimum atomic E-state index is -5.08. The molecule has 1 saturated heterocycles. The molecule has 0 aromatic heterocycles. The zero-order chi connectivity index (χ0) is 15.3. The lowest BCUT2D eigenvalue weighted by atomic mass is 9.94. The van der Waals surface area contributed by atoms with E-state index in [4.69, 9.17) is 20.7 Å². The third-order valence-corrected chi connectivity index (χ3v) is 2.54. The van der Waals surface area contributed by atoms with E-state index in [-0.39, 0.29) is 32.5 Å². The van der Waals surface area contributed by atoms with Crippen LogP contribution in [0.5, 0.6) is 0 Å². The van der Waals surface area contributed by atoms with E-state index in [0.717, 1.165) is 0 Å². The highest BCUT2D eigenvalue weighted by molar-refractivity contribution is 5.73. The van der Waals surface area contributed by atoms with Gasteiger partial charge in [0, 0.05) is 32.5 Å². The van der Waals surface area contributed by atoms with Gasteiger partial charge in [0.15, 0.2) is 0 Å². The number of aliphatic carboxylic acids is 1. The van der Waals surface area contributed by atoms with Crippen LogP contribution in [0.25, 0.3) is 0 Å². The van der Waals surface area contributed by atoms with Gasteiger partial charge in [0.1, 0.15) is 5.67 Å². The third-order valence-electron chi connectivity index (χ3n) is 2.54. The Bertz CT molecular complexity index is 327. The highest BCUT2D eigenvalue weighted by Crippen LogP contribution is 2.24. The third kappa shape index (κ3) is 6.22. The lowest BCUT2D eigenvalue weighted by molar-refractivity contribution is -0.192. The molecule has 0 aromatic carbocycles. The van der Waals surface area contributed by atoms with Crippen LogP contribution in [0.15, 0.2) is 0 Å². The fraction of sp³-hybridized carbons (Fsp3) is 0.778. The van der Waals surface area contributed by atoms with Gasteiger partial charge in [-0.2, -0.15) is 13.2 Å². The maximum Gasteiger partial charge on any atom is 0.490 e. The number of alkyl halides is 4. The molecule has 0 atom stereocenters. The first-order chi connectivity index (χ1) is 8.52. The first-order valence-corrected chi connectivity index (χ1v) is 5.19. The summed E-state index contributed by atoms with van der Waals surface area (Å²) in [5.74, 6) is -2.76. The van der Waals surface area contributed by atoms with Gasteiger partial charge in [-0.15, -0.1) is 0 Å². The summed E-state index contributed by atoms with van der Waals surface area (Å²) in [7, 11) is 0. The number of halogens is 4. The second kappa shape index (κ2) is 6.55. The topological polar surface area (TPSA) is 104 Å². The summed E-state index contributed by atoms with van der Waals surface area (Å²) in [6, 6.07) is 0. The van der Waals surface area contributed by atoms with E-state index >= 15 is 0 Å². The number of carboxylic acids is 1. The highest BCUT2D eigenvalue weighted by atomic mass is 19.4. The minimum absolute atomic E-state index is 0.0134. The standard InChI is InChI=1S/C7H13FN2O2.C2HF3O2/c8-7(5-9)1-3-10(4-2-7)6(11)12;3-2(4,5)1(6)7/h1-5,9H2,(H,11,12);(H,6,7). The Balaban J connectivity index is 0.000000399. The van der Waals surface area contributed by atoms with Gasteiger partial charge in [-0.25, -0.2) is 14.0 Å². The van der Waals surface area contributed by atoms with Crippen molar-refractivity contribution < 1.29 is 37.4 Å². The van der Waals surface area contributed by atoms with Crippen LogP contribution in [-0.2, 0) is 4.79 Å². The molecule has 0 unspecified atom stereocenters. The average molecular weight is 290 g/mol. The predicted octanol–water partition coefficient (Wildman–Crippen LogP) is 1.06. The summed E-state index contributed by atoms with van der Waals surface area (Å²) >= 11 is 0. The molecule has 1 amide bonds. The van der Waals surface area contributed by atoms with E-state index in [2.05, 4.69) is 0 Å². The number of hydrogen-bond donors (Lipinski definition) is 3. The largest absolute Gasteiger partial charge is 0.490 e. The number of nitrogens with zero attached hydrogens (tertiary/aromatic N) is 1.